The van der Waals surface area contributed by atoms with E-state index in [2.05, 4.69) is 19.1 Å². The lowest BCUT2D eigenvalue weighted by atomic mass is 10.2. The van der Waals surface area contributed by atoms with Crippen molar-refractivity contribution in [2.45, 2.75) is 27.4 Å². The van der Waals surface area contributed by atoms with Crippen molar-refractivity contribution in [1.29, 1.82) is 0 Å². The van der Waals surface area contributed by atoms with E-state index in [9.17, 15) is 0 Å². The smallest absolute Gasteiger partial charge is 0.0713 e. The molecule has 0 aliphatic heterocycles. The Morgan fingerprint density at radius 3 is 1.50 bits per heavy atom. The van der Waals surface area contributed by atoms with Crippen molar-refractivity contribution >= 4 is 0 Å². The van der Waals surface area contributed by atoms with E-state index in [1.807, 2.05) is 62.4 Å². The van der Waals surface area contributed by atoms with Gasteiger partial charge in [-0.15, -0.1) is 0 Å². The average molecular weight is 276 g/mol. The molecule has 0 aliphatic rings. The van der Waals surface area contributed by atoms with Crippen LogP contribution in [-0.4, -0.2) is 19.3 Å². The Morgan fingerprint density at radius 1 is 0.800 bits per heavy atom. The minimum Gasteiger partial charge on any atom is -0.400 e. The molecule has 112 valence electrons. The normalized spacial score (nSPS) is 7.90. The van der Waals surface area contributed by atoms with Gasteiger partial charge in [-0.1, -0.05) is 80.1 Å². The highest BCUT2D eigenvalue weighted by molar-refractivity contribution is 5.13. The monoisotopic (exact) mass is 276 g/mol. The quantitative estimate of drug-likeness (QED) is 0.877. The van der Waals surface area contributed by atoms with Crippen LogP contribution in [0.2, 0.25) is 0 Å². The standard InChI is InChI=1S/C8H10O.C7H8.C2H6.CH4O/c1-9-7-8-5-3-2-4-6-8;1-7-5-3-2-4-6-7;2*1-2/h2-6H,7H2,1H3;2-6H,1H3;1-2H3;2H,1H3. The van der Waals surface area contributed by atoms with Crippen molar-refractivity contribution < 1.29 is 9.84 Å². The molecule has 2 heteroatoms. The molecule has 2 nitrogen and oxygen atoms in total. The van der Waals surface area contributed by atoms with E-state index in [0.29, 0.717) is 6.61 Å². The highest BCUT2D eigenvalue weighted by Crippen LogP contribution is 1.98. The minimum atomic E-state index is 0.709. The number of rotatable bonds is 2. The van der Waals surface area contributed by atoms with Crippen LogP contribution < -0.4 is 0 Å². The summed E-state index contributed by atoms with van der Waals surface area (Å²) in [6.45, 7) is 6.79. The van der Waals surface area contributed by atoms with Crippen LogP contribution in [0.1, 0.15) is 25.0 Å². The zero-order valence-electron chi connectivity index (χ0n) is 13.3. The van der Waals surface area contributed by atoms with Crippen LogP contribution in [0.15, 0.2) is 60.7 Å². The maximum atomic E-state index is 7.00. The second kappa shape index (κ2) is 17.4. The highest BCUT2D eigenvalue weighted by Gasteiger charge is 1.84. The number of hydrogen-bond donors (Lipinski definition) is 1. The van der Waals surface area contributed by atoms with Crippen LogP contribution in [0.3, 0.4) is 0 Å². The molecule has 0 heterocycles. The first kappa shape index (κ1) is 20.7. The second-order valence-electron chi connectivity index (χ2n) is 3.57. The fourth-order valence-corrected chi connectivity index (χ4v) is 1.28. The number of methoxy groups -OCH3 is 1. The van der Waals surface area contributed by atoms with Gasteiger partial charge in [-0.3, -0.25) is 0 Å². The second-order valence-corrected chi connectivity index (χ2v) is 3.57. The molecule has 0 radical (unpaired) electrons. The molecular formula is C18H28O2. The summed E-state index contributed by atoms with van der Waals surface area (Å²) in [6, 6.07) is 20.4. The molecule has 0 spiro atoms. The van der Waals surface area contributed by atoms with Gasteiger partial charge < -0.3 is 9.84 Å². The van der Waals surface area contributed by atoms with Crippen molar-refractivity contribution in [1.82, 2.24) is 0 Å². The fourth-order valence-electron chi connectivity index (χ4n) is 1.28. The van der Waals surface area contributed by atoms with E-state index >= 15 is 0 Å². The van der Waals surface area contributed by atoms with Crippen LogP contribution >= 0.6 is 0 Å². The van der Waals surface area contributed by atoms with E-state index < -0.39 is 0 Å². The van der Waals surface area contributed by atoms with Gasteiger partial charge in [0.2, 0.25) is 0 Å². The lowest BCUT2D eigenvalue weighted by Gasteiger charge is -1.95. The van der Waals surface area contributed by atoms with Crippen molar-refractivity contribution in [2.75, 3.05) is 14.2 Å². The molecule has 0 unspecified atom stereocenters. The van der Waals surface area contributed by atoms with Crippen molar-refractivity contribution in [3.05, 3.63) is 71.8 Å². The van der Waals surface area contributed by atoms with Gasteiger partial charge in [0.1, 0.15) is 0 Å². The summed E-state index contributed by atoms with van der Waals surface area (Å²) >= 11 is 0. The predicted octanol–water partition coefficient (Wildman–Crippen LogP) is 4.46. The molecule has 0 aromatic heterocycles. The fraction of sp³-hybridized carbons (Fsp3) is 0.333. The molecule has 0 bridgehead atoms. The first-order chi connectivity index (χ1) is 9.83. The van der Waals surface area contributed by atoms with E-state index in [1.54, 1.807) is 7.11 Å². The van der Waals surface area contributed by atoms with Gasteiger partial charge in [-0.05, 0) is 12.5 Å². The Morgan fingerprint density at radius 2 is 1.20 bits per heavy atom. The van der Waals surface area contributed by atoms with Gasteiger partial charge in [0.05, 0.1) is 6.61 Å². The third-order valence-electron chi connectivity index (χ3n) is 2.09. The maximum Gasteiger partial charge on any atom is 0.0713 e. The first-order valence-corrected chi connectivity index (χ1v) is 6.82. The predicted molar refractivity (Wildman–Crippen MR) is 87.8 cm³/mol. The number of benzene rings is 2. The Balaban J connectivity index is 0. The Kier molecular flexibility index (Phi) is 17.9. The van der Waals surface area contributed by atoms with Crippen LogP contribution in [0.4, 0.5) is 0 Å². The van der Waals surface area contributed by atoms with Gasteiger partial charge in [-0.25, -0.2) is 0 Å². The summed E-state index contributed by atoms with van der Waals surface area (Å²) in [5, 5.41) is 7.00. The van der Waals surface area contributed by atoms with Crippen LogP contribution in [0.5, 0.6) is 0 Å². The van der Waals surface area contributed by atoms with Crippen molar-refractivity contribution in [2.24, 2.45) is 0 Å². The van der Waals surface area contributed by atoms with Crippen LogP contribution in [-0.2, 0) is 11.3 Å². The van der Waals surface area contributed by atoms with E-state index in [0.717, 1.165) is 7.11 Å². The molecule has 20 heavy (non-hydrogen) atoms. The summed E-state index contributed by atoms with van der Waals surface area (Å²) < 4.78 is 4.93. The Labute approximate surface area is 124 Å². The summed E-state index contributed by atoms with van der Waals surface area (Å²) in [5.74, 6) is 0. The topological polar surface area (TPSA) is 29.5 Å². The maximum absolute atomic E-state index is 7.00. The van der Waals surface area contributed by atoms with Gasteiger partial charge in [0, 0.05) is 14.2 Å². The number of aryl methyl sites for hydroxylation is 1. The lowest BCUT2D eigenvalue weighted by molar-refractivity contribution is 0.185. The molecule has 2 aromatic carbocycles. The molecule has 0 amide bonds. The van der Waals surface area contributed by atoms with E-state index in [1.165, 1.54) is 11.1 Å². The number of hydrogen-bond acceptors (Lipinski definition) is 2. The molecule has 0 saturated heterocycles. The summed E-state index contributed by atoms with van der Waals surface area (Å²) in [7, 11) is 2.70. The molecule has 0 saturated carbocycles. The summed E-state index contributed by atoms with van der Waals surface area (Å²) in [4.78, 5) is 0. The van der Waals surface area contributed by atoms with Gasteiger partial charge >= 0.3 is 0 Å². The molecule has 2 aromatic rings. The van der Waals surface area contributed by atoms with E-state index in [4.69, 9.17) is 9.84 Å². The zero-order chi connectivity index (χ0) is 15.6. The molecule has 1 N–H and O–H groups in total. The summed E-state index contributed by atoms with van der Waals surface area (Å²) in [5.41, 5.74) is 2.54. The van der Waals surface area contributed by atoms with Crippen molar-refractivity contribution in [3.8, 4) is 0 Å². The van der Waals surface area contributed by atoms with Crippen LogP contribution in [0, 0.1) is 6.92 Å². The van der Waals surface area contributed by atoms with Gasteiger partial charge in [0.25, 0.3) is 0 Å². The average Bonchev–Trinajstić information content (AvgIpc) is 2.54. The number of ether oxygens (including phenoxy) is 1. The highest BCUT2D eigenvalue weighted by atomic mass is 16.5. The molecule has 0 atom stereocenters. The van der Waals surface area contributed by atoms with E-state index in [-0.39, 0.29) is 0 Å². The molecular weight excluding hydrogens is 248 g/mol. The third-order valence-corrected chi connectivity index (χ3v) is 2.09. The largest absolute Gasteiger partial charge is 0.400 e. The lowest BCUT2D eigenvalue weighted by Crippen LogP contribution is -1.84. The zero-order valence-corrected chi connectivity index (χ0v) is 13.3. The van der Waals surface area contributed by atoms with Gasteiger partial charge in [0.15, 0.2) is 0 Å². The minimum absolute atomic E-state index is 0.709. The summed E-state index contributed by atoms with van der Waals surface area (Å²) in [6.07, 6.45) is 0. The molecule has 0 fully saturated rings. The number of aliphatic hydroxyl groups excluding tert-OH is 1. The first-order valence-electron chi connectivity index (χ1n) is 6.82. The Bertz CT molecular complexity index is 371. The Hall–Kier alpha value is -1.64. The van der Waals surface area contributed by atoms with Crippen LogP contribution in [0.25, 0.3) is 0 Å². The molecule has 0 aliphatic carbocycles. The van der Waals surface area contributed by atoms with Crippen molar-refractivity contribution in [3.63, 3.8) is 0 Å². The van der Waals surface area contributed by atoms with Gasteiger partial charge in [-0.2, -0.15) is 0 Å². The molecule has 2 rings (SSSR count). The number of aliphatic hydroxyl groups is 1. The SMILES string of the molecule is CC.CO.COCc1ccccc1.Cc1ccccc1. The third kappa shape index (κ3) is 12.8.